The maximum Gasteiger partial charge on any atom is 0.192 e. The van der Waals surface area contributed by atoms with Crippen molar-refractivity contribution < 1.29 is 5.11 Å². The van der Waals surface area contributed by atoms with Crippen molar-refractivity contribution >= 4 is 11.8 Å². The van der Waals surface area contributed by atoms with Gasteiger partial charge in [-0.15, -0.1) is 0 Å². The lowest BCUT2D eigenvalue weighted by molar-refractivity contribution is 0.279. The number of rotatable bonds is 3. The summed E-state index contributed by atoms with van der Waals surface area (Å²) < 4.78 is 0. The summed E-state index contributed by atoms with van der Waals surface area (Å²) in [6.45, 7) is 1.97. The maximum atomic E-state index is 9.20. The van der Waals surface area contributed by atoms with Crippen LogP contribution < -0.4 is 0 Å². The van der Waals surface area contributed by atoms with Crippen LogP contribution in [0.5, 0.6) is 0 Å². The molecule has 16 heavy (non-hydrogen) atoms. The molecule has 0 radical (unpaired) electrons. The first-order valence-electron chi connectivity index (χ1n) is 4.96. The molecule has 4 heteroatoms. The van der Waals surface area contributed by atoms with Crippen molar-refractivity contribution in [2.24, 2.45) is 0 Å². The van der Waals surface area contributed by atoms with E-state index in [2.05, 4.69) is 9.97 Å². The van der Waals surface area contributed by atoms with Crippen molar-refractivity contribution in [2.75, 3.05) is 0 Å². The minimum atomic E-state index is 0.0367. The molecule has 0 saturated heterocycles. The molecule has 0 aliphatic carbocycles. The molecule has 0 atom stereocenters. The SMILES string of the molecule is Cc1ccnc(Sc2ccccc2CO)n1. The summed E-state index contributed by atoms with van der Waals surface area (Å²) in [5.41, 5.74) is 1.84. The van der Waals surface area contributed by atoms with E-state index in [1.807, 2.05) is 37.3 Å². The van der Waals surface area contributed by atoms with E-state index in [9.17, 15) is 5.11 Å². The van der Waals surface area contributed by atoms with Crippen molar-refractivity contribution in [2.45, 2.75) is 23.6 Å². The molecule has 0 fully saturated rings. The fraction of sp³-hybridized carbons (Fsp3) is 0.167. The highest BCUT2D eigenvalue weighted by Crippen LogP contribution is 2.27. The molecule has 0 spiro atoms. The lowest BCUT2D eigenvalue weighted by atomic mass is 10.2. The molecule has 0 saturated carbocycles. The topological polar surface area (TPSA) is 46.0 Å². The van der Waals surface area contributed by atoms with E-state index in [0.717, 1.165) is 16.2 Å². The average Bonchev–Trinajstić information content (AvgIpc) is 2.30. The Hall–Kier alpha value is -1.39. The number of hydrogen-bond acceptors (Lipinski definition) is 4. The van der Waals surface area contributed by atoms with Gasteiger partial charge in [-0.3, -0.25) is 0 Å². The number of aromatic nitrogens is 2. The van der Waals surface area contributed by atoms with Gasteiger partial charge in [0.2, 0.25) is 0 Å². The van der Waals surface area contributed by atoms with Crippen LogP contribution in [0.2, 0.25) is 0 Å². The van der Waals surface area contributed by atoms with Gasteiger partial charge < -0.3 is 5.11 Å². The van der Waals surface area contributed by atoms with E-state index in [4.69, 9.17) is 0 Å². The second kappa shape index (κ2) is 5.09. The molecule has 0 bridgehead atoms. The number of aryl methyl sites for hydroxylation is 1. The van der Waals surface area contributed by atoms with Gasteiger partial charge >= 0.3 is 0 Å². The minimum absolute atomic E-state index is 0.0367. The molecule has 1 aromatic heterocycles. The number of aliphatic hydroxyl groups excluding tert-OH is 1. The zero-order valence-electron chi connectivity index (χ0n) is 8.92. The predicted molar refractivity (Wildman–Crippen MR) is 63.3 cm³/mol. The van der Waals surface area contributed by atoms with Crippen molar-refractivity contribution in [3.05, 3.63) is 47.8 Å². The Morgan fingerprint density at radius 1 is 1.25 bits per heavy atom. The number of nitrogens with zero attached hydrogens (tertiary/aromatic N) is 2. The third-order valence-corrected chi connectivity index (χ3v) is 3.11. The van der Waals surface area contributed by atoms with Crippen molar-refractivity contribution in [1.29, 1.82) is 0 Å². The summed E-state index contributed by atoms with van der Waals surface area (Å²) in [5, 5.41) is 9.91. The molecule has 0 amide bonds. The molecule has 2 rings (SSSR count). The van der Waals surface area contributed by atoms with Gasteiger partial charge in [0.15, 0.2) is 5.16 Å². The minimum Gasteiger partial charge on any atom is -0.392 e. The zero-order chi connectivity index (χ0) is 11.4. The highest BCUT2D eigenvalue weighted by molar-refractivity contribution is 7.99. The predicted octanol–water partition coefficient (Wildman–Crippen LogP) is 2.43. The molecule has 0 aliphatic heterocycles. The summed E-state index contributed by atoms with van der Waals surface area (Å²) in [7, 11) is 0. The van der Waals surface area contributed by atoms with Gasteiger partial charge in [-0.2, -0.15) is 0 Å². The Bertz CT molecular complexity index is 488. The largest absolute Gasteiger partial charge is 0.392 e. The number of benzene rings is 1. The van der Waals surface area contributed by atoms with Crippen molar-refractivity contribution in [3.8, 4) is 0 Å². The summed E-state index contributed by atoms with van der Waals surface area (Å²) in [6.07, 6.45) is 1.74. The maximum absolute atomic E-state index is 9.20. The Morgan fingerprint density at radius 3 is 2.81 bits per heavy atom. The quantitative estimate of drug-likeness (QED) is 0.826. The molecular weight excluding hydrogens is 220 g/mol. The summed E-state index contributed by atoms with van der Waals surface area (Å²) >= 11 is 1.47. The molecule has 1 heterocycles. The van der Waals surface area contributed by atoms with Crippen LogP contribution in [-0.2, 0) is 6.61 Å². The fourth-order valence-corrected chi connectivity index (χ4v) is 2.22. The first kappa shape index (κ1) is 11.1. The molecule has 2 aromatic rings. The lowest BCUT2D eigenvalue weighted by Gasteiger charge is -2.05. The van der Waals surface area contributed by atoms with Crippen LogP contribution in [0.25, 0.3) is 0 Å². The van der Waals surface area contributed by atoms with Crippen LogP contribution in [0.15, 0.2) is 46.6 Å². The molecule has 0 unspecified atom stereocenters. The monoisotopic (exact) mass is 232 g/mol. The number of aliphatic hydroxyl groups is 1. The van der Waals surface area contributed by atoms with Crippen molar-refractivity contribution in [3.63, 3.8) is 0 Å². The van der Waals surface area contributed by atoms with Gasteiger partial charge in [0.05, 0.1) is 6.61 Å². The Balaban J connectivity index is 2.26. The Labute approximate surface area is 98.6 Å². The smallest absolute Gasteiger partial charge is 0.192 e. The standard InChI is InChI=1S/C12H12N2OS/c1-9-6-7-13-12(14-9)16-11-5-3-2-4-10(11)8-15/h2-7,15H,8H2,1H3. The molecule has 3 nitrogen and oxygen atoms in total. The Morgan fingerprint density at radius 2 is 2.06 bits per heavy atom. The third kappa shape index (κ3) is 2.59. The van der Waals surface area contributed by atoms with Crippen LogP contribution in [0.1, 0.15) is 11.3 Å². The van der Waals surface area contributed by atoms with E-state index in [-0.39, 0.29) is 6.61 Å². The van der Waals surface area contributed by atoms with Gasteiger partial charge in [-0.25, -0.2) is 9.97 Å². The Kier molecular flexibility index (Phi) is 3.54. The van der Waals surface area contributed by atoms with Gasteiger partial charge in [0, 0.05) is 16.8 Å². The third-order valence-electron chi connectivity index (χ3n) is 2.12. The van der Waals surface area contributed by atoms with Gasteiger partial charge in [0.25, 0.3) is 0 Å². The van der Waals surface area contributed by atoms with Crippen LogP contribution in [0.4, 0.5) is 0 Å². The van der Waals surface area contributed by atoms with Crippen LogP contribution in [0.3, 0.4) is 0 Å². The normalized spacial score (nSPS) is 10.4. The van der Waals surface area contributed by atoms with Gasteiger partial charge in [-0.1, -0.05) is 18.2 Å². The molecule has 0 aliphatic rings. The summed E-state index contributed by atoms with van der Waals surface area (Å²) in [6, 6.07) is 9.58. The van der Waals surface area contributed by atoms with E-state index >= 15 is 0 Å². The van der Waals surface area contributed by atoms with Gasteiger partial charge in [0.1, 0.15) is 0 Å². The second-order valence-corrected chi connectivity index (χ2v) is 4.36. The zero-order valence-corrected chi connectivity index (χ0v) is 9.74. The highest BCUT2D eigenvalue weighted by Gasteiger charge is 2.04. The fourth-order valence-electron chi connectivity index (χ4n) is 1.31. The first-order chi connectivity index (χ1) is 7.79. The van der Waals surface area contributed by atoms with Gasteiger partial charge in [-0.05, 0) is 36.4 Å². The van der Waals surface area contributed by atoms with E-state index in [1.165, 1.54) is 11.8 Å². The molecular formula is C12H12N2OS. The molecule has 1 N–H and O–H groups in total. The average molecular weight is 232 g/mol. The summed E-state index contributed by atoms with van der Waals surface area (Å²) in [4.78, 5) is 9.49. The van der Waals surface area contributed by atoms with E-state index in [1.54, 1.807) is 6.20 Å². The van der Waals surface area contributed by atoms with Crippen molar-refractivity contribution in [1.82, 2.24) is 9.97 Å². The highest BCUT2D eigenvalue weighted by atomic mass is 32.2. The second-order valence-electron chi connectivity index (χ2n) is 3.35. The van der Waals surface area contributed by atoms with Crippen LogP contribution in [-0.4, -0.2) is 15.1 Å². The lowest BCUT2D eigenvalue weighted by Crippen LogP contribution is -1.91. The number of hydrogen-bond donors (Lipinski definition) is 1. The van der Waals surface area contributed by atoms with Crippen LogP contribution in [0, 0.1) is 6.92 Å². The first-order valence-corrected chi connectivity index (χ1v) is 5.77. The van der Waals surface area contributed by atoms with E-state index in [0.29, 0.717) is 5.16 Å². The molecule has 1 aromatic carbocycles. The van der Waals surface area contributed by atoms with Crippen LogP contribution >= 0.6 is 11.8 Å². The molecule has 82 valence electrons. The summed E-state index contributed by atoms with van der Waals surface area (Å²) in [5.74, 6) is 0. The van der Waals surface area contributed by atoms with E-state index < -0.39 is 0 Å².